The summed E-state index contributed by atoms with van der Waals surface area (Å²) in [5, 5.41) is 26.5. The third-order valence-electron chi connectivity index (χ3n) is 14.7. The molecular weight excluding hydrogens is 1050 g/mol. The number of unbranched alkanes of at least 4 members (excludes halogenated alkanes) is 1. The first-order valence-corrected chi connectivity index (χ1v) is 29.0. The summed E-state index contributed by atoms with van der Waals surface area (Å²) in [6.45, 7) is 1.35. The van der Waals surface area contributed by atoms with E-state index in [1.807, 2.05) is 170 Å². The van der Waals surface area contributed by atoms with Gasteiger partial charge in [-0.2, -0.15) is 18.9 Å². The van der Waals surface area contributed by atoms with Crippen molar-refractivity contribution < 1.29 is 31.3 Å². The van der Waals surface area contributed by atoms with E-state index in [9.17, 15) is 23.5 Å². The van der Waals surface area contributed by atoms with Gasteiger partial charge in [-0.1, -0.05) is 181 Å². The zero-order chi connectivity index (χ0) is 56.9. The van der Waals surface area contributed by atoms with Crippen LogP contribution in [0.3, 0.4) is 0 Å². The molecule has 4 aromatic heterocycles. The summed E-state index contributed by atoms with van der Waals surface area (Å²) in [5.74, 6) is 0.832. The van der Waals surface area contributed by atoms with Gasteiger partial charge in [0.15, 0.2) is 11.2 Å². The van der Waals surface area contributed by atoms with Gasteiger partial charge in [0.2, 0.25) is 11.8 Å². The molecule has 0 aliphatic carbocycles. The molecule has 8 aromatic carbocycles. The smallest absolute Gasteiger partial charge is 0.328 e. The number of benzene rings is 8. The van der Waals surface area contributed by atoms with Crippen LogP contribution >= 0.6 is 0 Å². The summed E-state index contributed by atoms with van der Waals surface area (Å²) in [6, 6.07) is 76.0. The molecule has 404 valence electrons. The number of nitriles is 2. The lowest BCUT2D eigenvalue weighted by atomic mass is 9.50. The zero-order valence-electron chi connectivity index (χ0n) is 45.2. The van der Waals surface area contributed by atoms with E-state index in [2.05, 4.69) is 76.5 Å². The average molecular weight is 1110 g/mol. The molecule has 0 aliphatic rings. The first kappa shape index (κ1) is 53.5. The maximum atomic E-state index is 12.2. The Morgan fingerprint density at radius 1 is 0.506 bits per heavy atom. The van der Waals surface area contributed by atoms with E-state index in [0.717, 1.165) is 40.3 Å². The number of aromatic nitrogens is 4. The lowest BCUT2D eigenvalue weighted by Crippen LogP contribution is -2.54. The van der Waals surface area contributed by atoms with Gasteiger partial charge in [-0.05, 0) is 96.8 Å². The normalized spacial score (nSPS) is 12.2. The van der Waals surface area contributed by atoms with E-state index in [-0.39, 0.29) is 36.0 Å². The van der Waals surface area contributed by atoms with Crippen LogP contribution in [0.5, 0.6) is 11.5 Å². The summed E-state index contributed by atoms with van der Waals surface area (Å²) >= 11 is 0. The molecule has 83 heavy (non-hydrogen) atoms. The Morgan fingerprint density at radius 2 is 0.855 bits per heavy atom. The van der Waals surface area contributed by atoms with Crippen molar-refractivity contribution >= 4 is 89.8 Å². The predicted molar refractivity (Wildman–Crippen MR) is 328 cm³/mol. The molecule has 1 N–H and O–H groups in total. The lowest BCUT2D eigenvalue weighted by molar-refractivity contribution is 0.309. The number of rotatable bonds is 19. The fourth-order valence-electron chi connectivity index (χ4n) is 11.0. The Hall–Kier alpha value is -10.1. The van der Waals surface area contributed by atoms with Crippen LogP contribution in [0.4, 0.5) is 0 Å². The van der Waals surface area contributed by atoms with E-state index in [4.69, 9.17) is 28.3 Å². The molecule has 0 amide bonds. The molecular formula is C67H52B2N6O7S. The molecule has 0 spiro atoms. The van der Waals surface area contributed by atoms with Gasteiger partial charge in [0, 0.05) is 22.2 Å². The minimum atomic E-state index is -4.21. The van der Waals surface area contributed by atoms with Gasteiger partial charge in [0.1, 0.15) is 45.8 Å². The van der Waals surface area contributed by atoms with Crippen molar-refractivity contribution in [2.24, 2.45) is 0 Å². The summed E-state index contributed by atoms with van der Waals surface area (Å²) in [5.41, 5.74) is 8.53. The van der Waals surface area contributed by atoms with Crippen LogP contribution < -0.4 is 42.0 Å². The molecule has 0 saturated heterocycles. The quantitative estimate of drug-likeness (QED) is 0.0462. The topological polar surface area (TPSA) is 182 Å². The maximum Gasteiger partial charge on any atom is 0.328 e. The first-order chi connectivity index (χ1) is 40.7. The van der Waals surface area contributed by atoms with Gasteiger partial charge in [0.05, 0.1) is 29.7 Å². The minimum absolute atomic E-state index is 0.0170. The Kier molecular flexibility index (Phi) is 15.2. The highest BCUT2D eigenvalue weighted by Gasteiger charge is 2.38. The average Bonchev–Trinajstić information content (AvgIpc) is 1.85. The molecule has 16 heteroatoms. The van der Waals surface area contributed by atoms with E-state index >= 15 is 0 Å². The van der Waals surface area contributed by atoms with Gasteiger partial charge in [0.25, 0.3) is 10.1 Å². The number of hydrogen-bond acceptors (Lipinski definition) is 10. The van der Waals surface area contributed by atoms with Gasteiger partial charge in [-0.15, -0.1) is 0 Å². The molecule has 13 nitrogen and oxygen atoms in total. The SMILES string of the molecule is CCCCOc1ccc(-c2c3/c(=C(\C#N)c4nc5ccccc5o4)n(B(c4ccccc4)c4ccccc4)c(-c4ccc(OCCCS(=O)(=O)O)cc4)c3/c(=C(\C#N)c3nc4ccccc4o3)n2B(c2ccccc2)c2ccccc2)cc1. The summed E-state index contributed by atoms with van der Waals surface area (Å²) in [6.07, 6.45) is 1.90. The second-order valence-corrected chi connectivity index (χ2v) is 21.6. The third-order valence-corrected chi connectivity index (χ3v) is 15.5. The zero-order valence-corrected chi connectivity index (χ0v) is 46.0. The van der Waals surface area contributed by atoms with E-state index in [0.29, 0.717) is 78.7 Å². The van der Waals surface area contributed by atoms with Crippen LogP contribution in [-0.4, -0.2) is 64.6 Å². The highest BCUT2D eigenvalue weighted by Crippen LogP contribution is 2.38. The van der Waals surface area contributed by atoms with E-state index in [1.165, 1.54) is 0 Å². The molecule has 0 radical (unpaired) electrons. The van der Waals surface area contributed by atoms with Crippen LogP contribution in [0.25, 0.3) is 66.6 Å². The highest BCUT2D eigenvalue weighted by molar-refractivity contribution is 7.85. The summed E-state index contributed by atoms with van der Waals surface area (Å²) in [4.78, 5) is 10.1. The standard InChI is InChI=1S/C67H52B2N6O7S/c1-2-3-41-79-52-37-33-46(34-38-52)62-60-61(65(55(45-71)67-73-57-30-17-19-32-59(57)82-67)74(62)68(48-21-8-4-9-22-48)49-23-10-5-11-24-49)63(47-35-39-53(40-36-47)80-42-20-43-83(76,77)78)75(69(50-25-12-6-13-26-50)51-27-14-7-15-28-51)64(60)54(44-70)66-72-56-29-16-18-31-58(56)81-66/h4-19,21-40H,2-3,20,41-43H2,1H3,(H,76,77,78)/b64-54-,65-55-. The summed E-state index contributed by atoms with van der Waals surface area (Å²) in [7, 11) is -4.21. The van der Waals surface area contributed by atoms with Gasteiger partial charge in [-0.3, -0.25) is 4.55 Å². The molecule has 0 aliphatic heterocycles. The fourth-order valence-corrected chi connectivity index (χ4v) is 11.5. The van der Waals surface area contributed by atoms with E-state index < -0.39 is 29.6 Å². The number of oxazole rings is 2. The Bertz CT molecular complexity index is 4390. The molecule has 12 rings (SSSR count). The number of nitrogens with zero attached hydrogens (tertiary/aromatic N) is 6. The predicted octanol–water partition coefficient (Wildman–Crippen LogP) is 9.65. The number of ether oxygens (including phenoxy) is 2. The molecule has 0 fully saturated rings. The van der Waals surface area contributed by atoms with Crippen LogP contribution in [0.1, 0.15) is 38.0 Å². The van der Waals surface area contributed by atoms with Crippen molar-refractivity contribution in [3.63, 3.8) is 0 Å². The number of hydrogen-bond donors (Lipinski definition) is 1. The van der Waals surface area contributed by atoms with Crippen LogP contribution in [0.15, 0.2) is 227 Å². The van der Waals surface area contributed by atoms with Crippen molar-refractivity contribution in [1.82, 2.24) is 18.9 Å². The Balaban J connectivity index is 1.36. The van der Waals surface area contributed by atoms with Gasteiger partial charge < -0.3 is 27.3 Å². The second-order valence-electron chi connectivity index (χ2n) is 20.0. The minimum Gasteiger partial charge on any atom is -0.494 e. The molecule has 0 unspecified atom stereocenters. The summed E-state index contributed by atoms with van der Waals surface area (Å²) < 4.78 is 63.2. The van der Waals surface area contributed by atoms with Crippen molar-refractivity contribution in [2.45, 2.75) is 26.2 Å². The molecule has 4 heterocycles. The molecule has 0 saturated carbocycles. The third kappa shape index (κ3) is 10.7. The van der Waals surface area contributed by atoms with Crippen molar-refractivity contribution in [3.8, 4) is 46.2 Å². The van der Waals surface area contributed by atoms with Gasteiger partial charge >= 0.3 is 13.7 Å². The Morgan fingerprint density at radius 3 is 1.19 bits per heavy atom. The van der Waals surface area contributed by atoms with E-state index in [1.54, 1.807) is 0 Å². The highest BCUT2D eigenvalue weighted by atomic mass is 32.2. The van der Waals surface area contributed by atoms with Crippen LogP contribution in [0.2, 0.25) is 0 Å². The van der Waals surface area contributed by atoms with Crippen molar-refractivity contribution in [3.05, 3.63) is 241 Å². The fraction of sp³-hybridized carbons (Fsp3) is 0.104. The van der Waals surface area contributed by atoms with Crippen LogP contribution in [-0.2, 0) is 10.1 Å². The second kappa shape index (κ2) is 23.5. The largest absolute Gasteiger partial charge is 0.494 e. The molecule has 12 aromatic rings. The molecule has 0 atom stereocenters. The monoisotopic (exact) mass is 1110 g/mol. The Labute approximate surface area is 480 Å². The molecule has 0 bridgehead atoms. The first-order valence-electron chi connectivity index (χ1n) is 27.4. The van der Waals surface area contributed by atoms with Crippen molar-refractivity contribution in [1.29, 1.82) is 10.5 Å². The van der Waals surface area contributed by atoms with Crippen molar-refractivity contribution in [2.75, 3.05) is 19.0 Å². The number of para-hydroxylation sites is 4. The lowest BCUT2D eigenvalue weighted by Gasteiger charge is -2.24. The number of fused-ring (bicyclic) bond motifs is 3. The van der Waals surface area contributed by atoms with Crippen LogP contribution in [0, 0.1) is 22.7 Å². The van der Waals surface area contributed by atoms with Gasteiger partial charge in [-0.25, -0.2) is 9.97 Å². The maximum absolute atomic E-state index is 12.2.